The third kappa shape index (κ3) is 3.66. The molecule has 0 aromatic rings. The van der Waals surface area contributed by atoms with Gasteiger partial charge in [0.15, 0.2) is 0 Å². The van der Waals surface area contributed by atoms with E-state index in [0.717, 1.165) is 19.3 Å². The normalized spacial score (nSPS) is 26.2. The quantitative estimate of drug-likeness (QED) is 0.733. The van der Waals surface area contributed by atoms with Crippen LogP contribution in [0.4, 0.5) is 0 Å². The van der Waals surface area contributed by atoms with Crippen molar-refractivity contribution < 1.29 is 14.3 Å². The number of hydrogen-bond acceptors (Lipinski definition) is 4. The summed E-state index contributed by atoms with van der Waals surface area (Å²) in [6, 6.07) is -0.386. The molecule has 17 heavy (non-hydrogen) atoms. The second-order valence-corrected chi connectivity index (χ2v) is 4.54. The van der Waals surface area contributed by atoms with Gasteiger partial charge in [-0.25, -0.2) is 0 Å². The van der Waals surface area contributed by atoms with Crippen molar-refractivity contribution in [3.05, 3.63) is 0 Å². The van der Waals surface area contributed by atoms with Crippen LogP contribution in [-0.4, -0.2) is 56.4 Å². The van der Waals surface area contributed by atoms with Gasteiger partial charge in [0, 0.05) is 27.3 Å². The number of nitrogens with two attached hydrogens (primary N) is 1. The third-order valence-electron chi connectivity index (χ3n) is 3.32. The van der Waals surface area contributed by atoms with Crippen LogP contribution in [0.3, 0.4) is 0 Å². The Bertz CT molecular complexity index is 236. The highest BCUT2D eigenvalue weighted by Gasteiger charge is 2.36. The van der Waals surface area contributed by atoms with E-state index in [-0.39, 0.29) is 24.2 Å². The molecule has 2 N–H and O–H groups in total. The number of amides is 1. The maximum Gasteiger partial charge on any atom is 0.239 e. The SMILES string of the molecule is CCCCC(N)C(=O)N1CC(OC)C(OC)C1. The predicted octanol–water partition coefficient (Wildman–Crippen LogP) is 0.376. The molecule has 0 radical (unpaired) electrons. The minimum Gasteiger partial charge on any atom is -0.377 e. The van der Waals surface area contributed by atoms with Gasteiger partial charge in [0.05, 0.1) is 6.04 Å². The Morgan fingerprint density at radius 3 is 2.29 bits per heavy atom. The molecule has 1 fully saturated rings. The van der Waals surface area contributed by atoms with Crippen LogP contribution < -0.4 is 5.73 Å². The third-order valence-corrected chi connectivity index (χ3v) is 3.32. The second-order valence-electron chi connectivity index (χ2n) is 4.54. The van der Waals surface area contributed by atoms with Gasteiger partial charge < -0.3 is 20.1 Å². The van der Waals surface area contributed by atoms with Crippen LogP contribution in [0.2, 0.25) is 0 Å². The lowest BCUT2D eigenvalue weighted by Gasteiger charge is -2.20. The van der Waals surface area contributed by atoms with Gasteiger partial charge in [0.1, 0.15) is 12.2 Å². The van der Waals surface area contributed by atoms with Gasteiger partial charge in [-0.15, -0.1) is 0 Å². The first-order chi connectivity index (χ1) is 8.13. The van der Waals surface area contributed by atoms with Crippen LogP contribution >= 0.6 is 0 Å². The summed E-state index contributed by atoms with van der Waals surface area (Å²) in [5.74, 6) is 0.0139. The zero-order valence-electron chi connectivity index (χ0n) is 11.0. The van der Waals surface area contributed by atoms with Crippen LogP contribution in [0.1, 0.15) is 26.2 Å². The molecule has 0 aromatic heterocycles. The Kier molecular flexibility index (Phi) is 5.88. The fraction of sp³-hybridized carbons (Fsp3) is 0.917. The van der Waals surface area contributed by atoms with Gasteiger partial charge in [-0.2, -0.15) is 0 Å². The number of hydrogen-bond donors (Lipinski definition) is 1. The van der Waals surface area contributed by atoms with E-state index in [2.05, 4.69) is 6.92 Å². The fourth-order valence-electron chi connectivity index (χ4n) is 2.16. The molecular weight excluding hydrogens is 220 g/mol. The first-order valence-electron chi connectivity index (χ1n) is 6.24. The van der Waals surface area contributed by atoms with E-state index in [1.807, 2.05) is 0 Å². The maximum absolute atomic E-state index is 12.1. The lowest BCUT2D eigenvalue weighted by Crippen LogP contribution is -2.43. The number of unbranched alkanes of at least 4 members (excludes halogenated alkanes) is 1. The Morgan fingerprint density at radius 1 is 1.35 bits per heavy atom. The van der Waals surface area contributed by atoms with Crippen molar-refractivity contribution in [1.82, 2.24) is 4.90 Å². The molecule has 3 atom stereocenters. The molecule has 0 bridgehead atoms. The Morgan fingerprint density at radius 2 is 1.88 bits per heavy atom. The standard InChI is InChI=1S/C12H24N2O3/c1-4-5-6-9(13)12(15)14-7-10(16-2)11(8-14)17-3/h9-11H,4-8,13H2,1-3H3. The van der Waals surface area contributed by atoms with Crippen molar-refractivity contribution in [1.29, 1.82) is 0 Å². The van der Waals surface area contributed by atoms with E-state index < -0.39 is 0 Å². The minimum absolute atomic E-state index is 0.0139. The van der Waals surface area contributed by atoms with E-state index in [9.17, 15) is 4.79 Å². The highest BCUT2D eigenvalue weighted by atomic mass is 16.5. The average molecular weight is 244 g/mol. The molecule has 1 amide bonds. The molecule has 0 aromatic carbocycles. The Labute approximate surface area is 103 Å². The number of ether oxygens (including phenoxy) is 2. The average Bonchev–Trinajstić information content (AvgIpc) is 2.77. The summed E-state index contributed by atoms with van der Waals surface area (Å²) in [6.45, 7) is 3.25. The van der Waals surface area contributed by atoms with Crippen molar-refractivity contribution in [2.45, 2.75) is 44.4 Å². The summed E-state index contributed by atoms with van der Waals surface area (Å²) < 4.78 is 10.6. The molecule has 5 heteroatoms. The number of rotatable bonds is 6. The molecule has 1 heterocycles. The van der Waals surface area contributed by atoms with Crippen LogP contribution in [0, 0.1) is 0 Å². The largest absolute Gasteiger partial charge is 0.377 e. The predicted molar refractivity (Wildman–Crippen MR) is 65.7 cm³/mol. The molecule has 0 aliphatic carbocycles. The molecule has 3 unspecified atom stereocenters. The minimum atomic E-state index is -0.386. The van der Waals surface area contributed by atoms with E-state index in [4.69, 9.17) is 15.2 Å². The summed E-state index contributed by atoms with van der Waals surface area (Å²) in [4.78, 5) is 13.8. The smallest absolute Gasteiger partial charge is 0.239 e. The molecule has 1 aliphatic rings. The monoisotopic (exact) mass is 244 g/mol. The van der Waals surface area contributed by atoms with Gasteiger partial charge in [-0.05, 0) is 6.42 Å². The van der Waals surface area contributed by atoms with E-state index in [0.29, 0.717) is 13.1 Å². The Balaban J connectivity index is 2.48. The maximum atomic E-state index is 12.1. The number of likely N-dealkylation sites (tertiary alicyclic amines) is 1. The number of carbonyl (C=O) groups excluding carboxylic acids is 1. The van der Waals surface area contributed by atoms with Gasteiger partial charge in [0.2, 0.25) is 5.91 Å². The van der Waals surface area contributed by atoms with Crippen molar-refractivity contribution in [2.75, 3.05) is 27.3 Å². The topological polar surface area (TPSA) is 64.8 Å². The fourth-order valence-corrected chi connectivity index (χ4v) is 2.16. The van der Waals surface area contributed by atoms with Gasteiger partial charge >= 0.3 is 0 Å². The molecule has 100 valence electrons. The first-order valence-corrected chi connectivity index (χ1v) is 6.24. The summed E-state index contributed by atoms with van der Waals surface area (Å²) >= 11 is 0. The van der Waals surface area contributed by atoms with Crippen molar-refractivity contribution in [3.63, 3.8) is 0 Å². The van der Waals surface area contributed by atoms with E-state index in [1.165, 1.54) is 0 Å². The highest BCUT2D eigenvalue weighted by Crippen LogP contribution is 2.17. The number of nitrogens with zero attached hydrogens (tertiary/aromatic N) is 1. The van der Waals surface area contributed by atoms with Crippen molar-refractivity contribution in [3.8, 4) is 0 Å². The lowest BCUT2D eigenvalue weighted by atomic mass is 10.1. The molecule has 1 aliphatic heterocycles. The summed E-state index contributed by atoms with van der Waals surface area (Å²) in [5, 5.41) is 0. The molecule has 0 spiro atoms. The molecule has 1 saturated heterocycles. The Hall–Kier alpha value is -0.650. The lowest BCUT2D eigenvalue weighted by molar-refractivity contribution is -0.132. The van der Waals surface area contributed by atoms with Crippen LogP contribution in [0.15, 0.2) is 0 Å². The molecule has 0 saturated carbocycles. The van der Waals surface area contributed by atoms with Crippen LogP contribution in [-0.2, 0) is 14.3 Å². The highest BCUT2D eigenvalue weighted by molar-refractivity contribution is 5.82. The summed E-state index contributed by atoms with van der Waals surface area (Å²) in [5.41, 5.74) is 5.88. The summed E-state index contributed by atoms with van der Waals surface area (Å²) in [7, 11) is 3.28. The van der Waals surface area contributed by atoms with Crippen molar-refractivity contribution in [2.24, 2.45) is 5.73 Å². The number of carbonyl (C=O) groups is 1. The molecular formula is C12H24N2O3. The van der Waals surface area contributed by atoms with Gasteiger partial charge in [-0.3, -0.25) is 4.79 Å². The van der Waals surface area contributed by atoms with E-state index in [1.54, 1.807) is 19.1 Å². The summed E-state index contributed by atoms with van der Waals surface area (Å²) in [6.07, 6.45) is 2.72. The zero-order valence-corrected chi connectivity index (χ0v) is 11.0. The second kappa shape index (κ2) is 6.93. The first kappa shape index (κ1) is 14.4. The molecule has 5 nitrogen and oxygen atoms in total. The van der Waals surface area contributed by atoms with Gasteiger partial charge in [-0.1, -0.05) is 19.8 Å². The van der Waals surface area contributed by atoms with Crippen LogP contribution in [0.5, 0.6) is 0 Å². The van der Waals surface area contributed by atoms with Crippen LogP contribution in [0.25, 0.3) is 0 Å². The zero-order chi connectivity index (χ0) is 12.8. The van der Waals surface area contributed by atoms with E-state index >= 15 is 0 Å². The van der Waals surface area contributed by atoms with Crippen molar-refractivity contribution >= 4 is 5.91 Å². The van der Waals surface area contributed by atoms with Gasteiger partial charge in [0.25, 0.3) is 0 Å². The number of methoxy groups -OCH3 is 2. The molecule has 1 rings (SSSR count).